The molecule has 0 aromatic heterocycles. The molecule has 2 aromatic rings. The molecule has 3 N–H and O–H groups in total. The molecule has 2 aliphatic heterocycles. The molecule has 10 heteroatoms. The van der Waals surface area contributed by atoms with Crippen LogP contribution < -0.4 is 10.6 Å². The summed E-state index contributed by atoms with van der Waals surface area (Å²) in [6, 6.07) is 14.4. The second kappa shape index (κ2) is 9.44. The van der Waals surface area contributed by atoms with Crippen LogP contribution in [0.3, 0.4) is 0 Å². The molecule has 178 valence electrons. The predicted octanol–water partition coefficient (Wildman–Crippen LogP) is 2.15. The SMILES string of the molecule is N#C[C@H](Cc1ccc(-c2ccc3c(c2)CS(=O)(=O)C3)cc1)NC(=O)C1(NC(=O)O)CCOCC1. The Balaban J connectivity index is 1.44. The van der Waals surface area contributed by atoms with Crippen molar-refractivity contribution in [1.29, 1.82) is 5.26 Å². The Labute approximate surface area is 197 Å². The molecule has 2 aliphatic rings. The highest BCUT2D eigenvalue weighted by atomic mass is 32.2. The van der Waals surface area contributed by atoms with Crippen LogP contribution in [0, 0.1) is 11.3 Å². The molecular weight excluding hydrogens is 458 g/mol. The summed E-state index contributed by atoms with van der Waals surface area (Å²) >= 11 is 0. The number of hydrogen-bond acceptors (Lipinski definition) is 6. The number of ether oxygens (including phenoxy) is 1. The number of carbonyl (C=O) groups is 2. The second-order valence-electron chi connectivity index (χ2n) is 8.70. The maximum absolute atomic E-state index is 12.9. The summed E-state index contributed by atoms with van der Waals surface area (Å²) in [5.74, 6) is -0.393. The number of nitriles is 1. The molecule has 34 heavy (non-hydrogen) atoms. The lowest BCUT2D eigenvalue weighted by Gasteiger charge is -2.36. The van der Waals surface area contributed by atoms with E-state index >= 15 is 0 Å². The maximum Gasteiger partial charge on any atom is 0.405 e. The number of hydrogen-bond donors (Lipinski definition) is 3. The van der Waals surface area contributed by atoms with Gasteiger partial charge in [0.1, 0.15) is 11.6 Å². The van der Waals surface area contributed by atoms with Crippen LogP contribution in [-0.2, 0) is 37.3 Å². The minimum Gasteiger partial charge on any atom is -0.465 e. The van der Waals surface area contributed by atoms with Crippen LogP contribution in [0.25, 0.3) is 11.1 Å². The van der Waals surface area contributed by atoms with Gasteiger partial charge in [0.25, 0.3) is 0 Å². The number of carboxylic acid groups (broad SMARTS) is 1. The summed E-state index contributed by atoms with van der Waals surface area (Å²) in [5, 5.41) is 23.8. The van der Waals surface area contributed by atoms with Gasteiger partial charge in [-0.05, 0) is 33.9 Å². The van der Waals surface area contributed by atoms with Crippen LogP contribution in [0.5, 0.6) is 0 Å². The molecule has 0 radical (unpaired) electrons. The number of sulfone groups is 1. The quantitative estimate of drug-likeness (QED) is 0.571. The van der Waals surface area contributed by atoms with Crippen molar-refractivity contribution in [2.75, 3.05) is 13.2 Å². The first kappa shape index (κ1) is 23.7. The van der Waals surface area contributed by atoms with E-state index in [4.69, 9.17) is 4.74 Å². The molecule has 9 nitrogen and oxygen atoms in total. The van der Waals surface area contributed by atoms with E-state index < -0.39 is 33.4 Å². The molecule has 2 heterocycles. The Morgan fingerprint density at radius 3 is 2.35 bits per heavy atom. The van der Waals surface area contributed by atoms with Crippen molar-refractivity contribution in [3.8, 4) is 17.2 Å². The normalized spacial score (nSPS) is 18.8. The number of nitrogens with one attached hydrogen (secondary N) is 2. The fraction of sp³-hybridized carbons (Fsp3) is 0.375. The summed E-state index contributed by atoms with van der Waals surface area (Å²) in [6.45, 7) is 0.502. The minimum absolute atomic E-state index is 0.0577. The van der Waals surface area contributed by atoms with Crippen molar-refractivity contribution in [3.05, 3.63) is 59.2 Å². The smallest absolute Gasteiger partial charge is 0.405 e. The topological polar surface area (TPSA) is 146 Å². The van der Waals surface area contributed by atoms with E-state index in [1.54, 1.807) is 0 Å². The fourth-order valence-corrected chi connectivity index (χ4v) is 6.03. The highest BCUT2D eigenvalue weighted by molar-refractivity contribution is 7.90. The van der Waals surface area contributed by atoms with Crippen LogP contribution in [0.2, 0.25) is 0 Å². The van der Waals surface area contributed by atoms with E-state index in [-0.39, 0.29) is 44.0 Å². The summed E-state index contributed by atoms with van der Waals surface area (Å²) in [5.41, 5.74) is 3.00. The first-order valence-electron chi connectivity index (χ1n) is 10.9. The lowest BCUT2D eigenvalue weighted by atomic mass is 9.88. The van der Waals surface area contributed by atoms with Crippen LogP contribution in [0.1, 0.15) is 29.5 Å². The van der Waals surface area contributed by atoms with Crippen LogP contribution in [-0.4, -0.2) is 50.3 Å². The minimum atomic E-state index is -3.07. The van der Waals surface area contributed by atoms with Gasteiger partial charge in [0.15, 0.2) is 9.84 Å². The largest absolute Gasteiger partial charge is 0.465 e. The number of fused-ring (bicyclic) bond motifs is 1. The Bertz CT molecular complexity index is 1240. The van der Waals surface area contributed by atoms with Gasteiger partial charge in [-0.1, -0.05) is 36.4 Å². The summed E-state index contributed by atoms with van der Waals surface area (Å²) < 4.78 is 29.0. The molecule has 2 amide bonds. The van der Waals surface area contributed by atoms with Gasteiger partial charge in [0.05, 0.1) is 17.6 Å². The average molecular weight is 484 g/mol. The molecule has 0 aliphatic carbocycles. The summed E-state index contributed by atoms with van der Waals surface area (Å²) in [6.07, 6.45) is -0.657. The highest BCUT2D eigenvalue weighted by Gasteiger charge is 2.42. The number of amides is 2. The van der Waals surface area contributed by atoms with Gasteiger partial charge < -0.3 is 20.5 Å². The standard InChI is InChI=1S/C24H25N3O6S/c25-13-21(26-22(28)24(27-23(29)30)7-9-33-10-8-24)11-16-1-3-17(4-2-16)18-5-6-19-14-34(31,32)15-20(19)12-18/h1-6,12,21,27H,7-11,14-15H2,(H,26,28)(H,29,30)/t21-/m0/s1. The molecule has 4 rings (SSSR count). The van der Waals surface area contributed by atoms with E-state index in [0.717, 1.165) is 27.8 Å². The maximum atomic E-state index is 12.9. The summed E-state index contributed by atoms with van der Waals surface area (Å²) in [7, 11) is -3.07. The van der Waals surface area contributed by atoms with E-state index in [1.807, 2.05) is 42.5 Å². The fourth-order valence-electron chi connectivity index (χ4n) is 4.43. The zero-order valence-electron chi connectivity index (χ0n) is 18.4. The average Bonchev–Trinajstić information content (AvgIpc) is 3.12. The van der Waals surface area contributed by atoms with Crippen LogP contribution >= 0.6 is 0 Å². The van der Waals surface area contributed by atoms with Crippen molar-refractivity contribution in [1.82, 2.24) is 10.6 Å². The van der Waals surface area contributed by atoms with E-state index in [9.17, 15) is 28.4 Å². The van der Waals surface area contributed by atoms with Gasteiger partial charge >= 0.3 is 6.09 Å². The highest BCUT2D eigenvalue weighted by Crippen LogP contribution is 2.30. The van der Waals surface area contributed by atoms with Gasteiger partial charge in [-0.25, -0.2) is 13.2 Å². The van der Waals surface area contributed by atoms with E-state index in [2.05, 4.69) is 16.7 Å². The van der Waals surface area contributed by atoms with Gasteiger partial charge in [-0.2, -0.15) is 5.26 Å². The lowest BCUT2D eigenvalue weighted by molar-refractivity contribution is -0.131. The third-order valence-electron chi connectivity index (χ3n) is 6.27. The Morgan fingerprint density at radius 1 is 1.06 bits per heavy atom. The van der Waals surface area contributed by atoms with Gasteiger partial charge in [-0.3, -0.25) is 4.79 Å². The molecule has 1 saturated heterocycles. The first-order valence-corrected chi connectivity index (χ1v) is 12.7. The molecule has 0 saturated carbocycles. The lowest BCUT2D eigenvalue weighted by Crippen LogP contribution is -2.62. The Hall–Kier alpha value is -3.42. The molecule has 1 fully saturated rings. The second-order valence-corrected chi connectivity index (χ2v) is 10.8. The third-order valence-corrected chi connectivity index (χ3v) is 7.77. The molecule has 0 unspecified atom stereocenters. The zero-order chi connectivity index (χ0) is 24.3. The van der Waals surface area contributed by atoms with Crippen LogP contribution in [0.15, 0.2) is 42.5 Å². The number of benzene rings is 2. The van der Waals surface area contributed by atoms with Crippen LogP contribution in [0.4, 0.5) is 4.79 Å². The number of carbonyl (C=O) groups excluding carboxylic acids is 1. The first-order chi connectivity index (χ1) is 16.2. The molecule has 1 atom stereocenters. The molecule has 0 bridgehead atoms. The van der Waals surface area contributed by atoms with Crippen molar-refractivity contribution >= 4 is 21.8 Å². The Kier molecular flexibility index (Phi) is 6.59. The van der Waals surface area contributed by atoms with E-state index in [1.165, 1.54) is 0 Å². The molecule has 0 spiro atoms. The van der Waals surface area contributed by atoms with Gasteiger partial charge in [0.2, 0.25) is 5.91 Å². The van der Waals surface area contributed by atoms with Gasteiger partial charge in [0, 0.05) is 32.5 Å². The molecule has 2 aromatic carbocycles. The van der Waals surface area contributed by atoms with E-state index in [0.29, 0.717) is 0 Å². The van der Waals surface area contributed by atoms with Crippen molar-refractivity contribution in [2.24, 2.45) is 0 Å². The van der Waals surface area contributed by atoms with Gasteiger partial charge in [-0.15, -0.1) is 0 Å². The summed E-state index contributed by atoms with van der Waals surface area (Å²) in [4.78, 5) is 24.1. The number of rotatable bonds is 6. The van der Waals surface area contributed by atoms with Crippen molar-refractivity contribution in [3.63, 3.8) is 0 Å². The monoisotopic (exact) mass is 483 g/mol. The predicted molar refractivity (Wildman–Crippen MR) is 123 cm³/mol. The zero-order valence-corrected chi connectivity index (χ0v) is 19.2. The third kappa shape index (κ3) is 5.21. The number of nitrogens with zero attached hydrogens (tertiary/aromatic N) is 1. The molecular formula is C24H25N3O6S. The van der Waals surface area contributed by atoms with Crippen molar-refractivity contribution < 1.29 is 27.9 Å². The Morgan fingerprint density at radius 2 is 1.71 bits per heavy atom. The van der Waals surface area contributed by atoms with Crippen molar-refractivity contribution in [2.45, 2.75) is 42.3 Å².